The van der Waals surface area contributed by atoms with Crippen LogP contribution in [0.5, 0.6) is 17.2 Å². The summed E-state index contributed by atoms with van der Waals surface area (Å²) in [6, 6.07) is 9.31. The minimum Gasteiger partial charge on any atom is -0.495 e. The minimum absolute atomic E-state index is 0.107. The molecule has 0 saturated heterocycles. The van der Waals surface area contributed by atoms with Crippen molar-refractivity contribution >= 4 is 27.8 Å². The van der Waals surface area contributed by atoms with Gasteiger partial charge in [-0.1, -0.05) is 12.5 Å². The molecule has 1 heterocycles. The fraction of sp³-hybridized carbons (Fsp3) is 0.318. The molecule has 4 rings (SSSR count). The third-order valence-electron chi connectivity index (χ3n) is 5.30. The van der Waals surface area contributed by atoms with E-state index < -0.39 is 21.8 Å². The molecule has 0 aromatic heterocycles. The minimum atomic E-state index is -4.02. The Bertz CT molecular complexity index is 1130. The van der Waals surface area contributed by atoms with Crippen molar-refractivity contribution in [3.8, 4) is 17.2 Å². The second-order valence-corrected chi connectivity index (χ2v) is 9.18. The van der Waals surface area contributed by atoms with E-state index in [0.717, 1.165) is 38.2 Å². The van der Waals surface area contributed by atoms with Crippen LogP contribution in [-0.4, -0.2) is 32.4 Å². The van der Waals surface area contributed by atoms with Crippen molar-refractivity contribution in [1.29, 1.82) is 0 Å². The number of hydrogen-bond donors (Lipinski definition) is 2. The number of benzene rings is 2. The van der Waals surface area contributed by atoms with Crippen LogP contribution in [-0.2, 0) is 14.8 Å². The molecule has 1 fully saturated rings. The number of nitrogens with one attached hydrogen (secondary N) is 1. The number of carbonyl (C=O) groups is 1. The van der Waals surface area contributed by atoms with Gasteiger partial charge in [0.2, 0.25) is 0 Å². The summed E-state index contributed by atoms with van der Waals surface area (Å²) in [4.78, 5) is 10.7. The average molecular weight is 445 g/mol. The van der Waals surface area contributed by atoms with Crippen molar-refractivity contribution in [2.24, 2.45) is 0 Å². The van der Waals surface area contributed by atoms with Crippen molar-refractivity contribution < 1.29 is 32.5 Å². The van der Waals surface area contributed by atoms with Gasteiger partial charge < -0.3 is 19.3 Å². The zero-order chi connectivity index (χ0) is 22.1. The van der Waals surface area contributed by atoms with Crippen molar-refractivity contribution in [2.75, 3.05) is 11.8 Å². The molecule has 8 nitrogen and oxygen atoms in total. The molecule has 31 heavy (non-hydrogen) atoms. The molecule has 0 unspecified atom stereocenters. The molecule has 0 amide bonds. The largest absolute Gasteiger partial charge is 0.495 e. The van der Waals surface area contributed by atoms with Gasteiger partial charge in [-0.2, -0.15) is 0 Å². The standard InChI is InChI=1S/C22H23NO7S/c1-28-18-8-5-15(6-10-21(24)25)13-20(18)31(26,27)23-16-7-9-17-19(14-16)30-22(29-17)11-3-2-4-12-22/h5-10,13-14,23H,2-4,11-12H2,1H3,(H,24,25). The van der Waals surface area contributed by atoms with Crippen LogP contribution in [0.15, 0.2) is 47.4 Å². The van der Waals surface area contributed by atoms with E-state index in [1.54, 1.807) is 24.3 Å². The highest BCUT2D eigenvalue weighted by Crippen LogP contribution is 2.46. The molecule has 1 saturated carbocycles. The maximum absolute atomic E-state index is 13.1. The summed E-state index contributed by atoms with van der Waals surface area (Å²) < 4.78 is 46.0. The topological polar surface area (TPSA) is 111 Å². The summed E-state index contributed by atoms with van der Waals surface area (Å²) in [5.41, 5.74) is 0.734. The van der Waals surface area contributed by atoms with E-state index in [1.165, 1.54) is 25.3 Å². The van der Waals surface area contributed by atoms with E-state index in [2.05, 4.69) is 4.72 Å². The highest BCUT2D eigenvalue weighted by molar-refractivity contribution is 7.92. The Hall–Kier alpha value is -3.20. The lowest BCUT2D eigenvalue weighted by Crippen LogP contribution is -2.40. The summed E-state index contributed by atoms with van der Waals surface area (Å²) >= 11 is 0. The van der Waals surface area contributed by atoms with Gasteiger partial charge in [0.05, 0.1) is 12.8 Å². The van der Waals surface area contributed by atoms with Gasteiger partial charge in [0.25, 0.3) is 15.8 Å². The number of hydrogen-bond acceptors (Lipinski definition) is 6. The maximum atomic E-state index is 13.1. The molecule has 0 bridgehead atoms. The Morgan fingerprint density at radius 3 is 2.55 bits per heavy atom. The Morgan fingerprint density at radius 1 is 1.10 bits per heavy atom. The van der Waals surface area contributed by atoms with Gasteiger partial charge in [-0.05, 0) is 48.7 Å². The molecule has 164 valence electrons. The molecule has 1 aliphatic heterocycles. The Kier molecular flexibility index (Phi) is 5.53. The first kappa shape index (κ1) is 21.0. The smallest absolute Gasteiger partial charge is 0.328 e. The van der Waals surface area contributed by atoms with Gasteiger partial charge in [0.1, 0.15) is 10.6 Å². The van der Waals surface area contributed by atoms with Gasteiger partial charge in [0, 0.05) is 25.0 Å². The van der Waals surface area contributed by atoms with E-state index in [1.807, 2.05) is 0 Å². The first-order valence-electron chi connectivity index (χ1n) is 9.94. The molecule has 2 aromatic rings. The third-order valence-corrected chi connectivity index (χ3v) is 6.70. The Labute approximate surface area is 180 Å². The van der Waals surface area contributed by atoms with Crippen molar-refractivity contribution in [2.45, 2.75) is 42.8 Å². The number of carboxylic acid groups (broad SMARTS) is 1. The monoisotopic (exact) mass is 445 g/mol. The predicted molar refractivity (Wildman–Crippen MR) is 114 cm³/mol. The van der Waals surface area contributed by atoms with Crippen LogP contribution in [0.1, 0.15) is 37.7 Å². The number of ether oxygens (including phenoxy) is 3. The summed E-state index contributed by atoms with van der Waals surface area (Å²) in [7, 11) is -2.65. The van der Waals surface area contributed by atoms with Crippen LogP contribution in [0, 0.1) is 0 Å². The zero-order valence-corrected chi connectivity index (χ0v) is 17.8. The van der Waals surface area contributed by atoms with Crippen molar-refractivity contribution in [3.63, 3.8) is 0 Å². The molecule has 2 aromatic carbocycles. The predicted octanol–water partition coefficient (Wildman–Crippen LogP) is 4.03. The average Bonchev–Trinajstić information content (AvgIpc) is 3.08. The lowest BCUT2D eigenvalue weighted by molar-refractivity contribution is -0.131. The van der Waals surface area contributed by atoms with Gasteiger partial charge in [-0.25, -0.2) is 13.2 Å². The van der Waals surface area contributed by atoms with E-state index in [9.17, 15) is 13.2 Å². The number of carboxylic acids is 1. The second-order valence-electron chi connectivity index (χ2n) is 7.52. The first-order chi connectivity index (χ1) is 14.8. The molecule has 2 aliphatic rings. The number of aliphatic carboxylic acids is 1. The van der Waals surface area contributed by atoms with Gasteiger partial charge in [-0.3, -0.25) is 4.72 Å². The van der Waals surface area contributed by atoms with Crippen LogP contribution >= 0.6 is 0 Å². The van der Waals surface area contributed by atoms with Crippen LogP contribution < -0.4 is 18.9 Å². The SMILES string of the molecule is COc1ccc(C=CC(=O)O)cc1S(=O)(=O)Nc1ccc2c(c1)OC1(CCCCC1)O2. The second kappa shape index (κ2) is 8.14. The molecule has 1 aliphatic carbocycles. The molecule has 0 radical (unpaired) electrons. The summed E-state index contributed by atoms with van der Waals surface area (Å²) in [6.07, 6.45) is 7.06. The Balaban J connectivity index is 1.59. The van der Waals surface area contributed by atoms with Crippen LogP contribution in [0.3, 0.4) is 0 Å². The number of anilines is 1. The molecule has 2 N–H and O–H groups in total. The summed E-state index contributed by atoms with van der Waals surface area (Å²) in [5.74, 6) is -0.529. The fourth-order valence-electron chi connectivity index (χ4n) is 3.84. The van der Waals surface area contributed by atoms with Gasteiger partial charge in [0.15, 0.2) is 11.5 Å². The van der Waals surface area contributed by atoms with Crippen molar-refractivity contribution in [1.82, 2.24) is 0 Å². The summed E-state index contributed by atoms with van der Waals surface area (Å²) in [6.45, 7) is 0. The third kappa shape index (κ3) is 4.46. The normalized spacial score (nSPS) is 17.1. The van der Waals surface area contributed by atoms with E-state index in [-0.39, 0.29) is 10.6 Å². The zero-order valence-electron chi connectivity index (χ0n) is 17.0. The first-order valence-corrected chi connectivity index (χ1v) is 11.4. The number of sulfonamides is 1. The molecule has 1 spiro atoms. The molecular formula is C22H23NO7S. The number of rotatable bonds is 6. The lowest BCUT2D eigenvalue weighted by atomic mass is 9.94. The maximum Gasteiger partial charge on any atom is 0.328 e. The number of fused-ring (bicyclic) bond motifs is 1. The van der Waals surface area contributed by atoms with Crippen LogP contribution in [0.2, 0.25) is 0 Å². The van der Waals surface area contributed by atoms with E-state index in [0.29, 0.717) is 22.7 Å². The highest BCUT2D eigenvalue weighted by atomic mass is 32.2. The van der Waals surface area contributed by atoms with Gasteiger partial charge in [-0.15, -0.1) is 0 Å². The van der Waals surface area contributed by atoms with E-state index in [4.69, 9.17) is 19.3 Å². The highest BCUT2D eigenvalue weighted by Gasteiger charge is 2.42. The number of methoxy groups -OCH3 is 1. The molecule has 9 heteroatoms. The summed E-state index contributed by atoms with van der Waals surface area (Å²) in [5, 5.41) is 8.80. The van der Waals surface area contributed by atoms with Crippen molar-refractivity contribution in [3.05, 3.63) is 48.0 Å². The molecular weight excluding hydrogens is 422 g/mol. The van der Waals surface area contributed by atoms with Crippen LogP contribution in [0.4, 0.5) is 5.69 Å². The Morgan fingerprint density at radius 2 is 1.84 bits per heavy atom. The van der Waals surface area contributed by atoms with Crippen LogP contribution in [0.25, 0.3) is 6.08 Å². The lowest BCUT2D eigenvalue weighted by Gasteiger charge is -2.31. The fourth-order valence-corrected chi connectivity index (χ4v) is 5.09. The molecule has 0 atom stereocenters. The van der Waals surface area contributed by atoms with Gasteiger partial charge >= 0.3 is 5.97 Å². The van der Waals surface area contributed by atoms with E-state index >= 15 is 0 Å². The quantitative estimate of drug-likeness (QED) is 0.646.